The Labute approximate surface area is 211 Å². The quantitative estimate of drug-likeness (QED) is 0.448. The summed E-state index contributed by atoms with van der Waals surface area (Å²) in [5, 5.41) is 5.64. The van der Waals surface area contributed by atoms with Crippen LogP contribution in [0, 0.1) is 6.92 Å². The van der Waals surface area contributed by atoms with E-state index in [-0.39, 0.29) is 24.5 Å². The summed E-state index contributed by atoms with van der Waals surface area (Å²) in [6.45, 7) is 6.46. The Morgan fingerprint density at radius 1 is 1.32 bits per heavy atom. The second-order valence-electron chi connectivity index (χ2n) is 8.37. The maximum Gasteiger partial charge on any atom is 0.317 e. The molecule has 0 spiro atoms. The Balaban J connectivity index is 1.73. The van der Waals surface area contributed by atoms with E-state index >= 15 is 0 Å². The molecule has 0 aliphatic carbocycles. The van der Waals surface area contributed by atoms with Crippen molar-refractivity contribution in [2.75, 3.05) is 46.5 Å². The van der Waals surface area contributed by atoms with Gasteiger partial charge < -0.3 is 24.6 Å². The lowest BCUT2D eigenvalue weighted by atomic mass is 10.0. The average molecular weight is 508 g/mol. The van der Waals surface area contributed by atoms with Gasteiger partial charge >= 0.3 is 6.03 Å². The normalized spacial score (nSPS) is 15.1. The van der Waals surface area contributed by atoms with E-state index in [2.05, 4.69) is 16.8 Å². The van der Waals surface area contributed by atoms with Crippen LogP contribution in [0.2, 0.25) is 5.02 Å². The number of methoxy groups -OCH3 is 1. The zero-order valence-corrected chi connectivity index (χ0v) is 21.7. The number of amides is 3. The van der Waals surface area contributed by atoms with Gasteiger partial charge in [0.1, 0.15) is 18.9 Å². The number of ether oxygens (including phenoxy) is 2. The summed E-state index contributed by atoms with van der Waals surface area (Å²) in [4.78, 5) is 30.9. The maximum absolute atomic E-state index is 13.5. The highest BCUT2D eigenvalue weighted by Gasteiger charge is 2.33. The molecule has 0 fully saturated rings. The van der Waals surface area contributed by atoms with Crippen LogP contribution in [-0.4, -0.2) is 68.2 Å². The highest BCUT2D eigenvalue weighted by Crippen LogP contribution is 2.34. The number of hydrogen-bond donors (Lipinski definition) is 1. The fourth-order valence-corrected chi connectivity index (χ4v) is 5.05. The molecule has 0 unspecified atom stereocenters. The zero-order chi connectivity index (χ0) is 24.5. The molecule has 0 bridgehead atoms. The number of carbonyl (C=O) groups excluding carboxylic acids is 2. The number of hydrogen-bond acceptors (Lipinski definition) is 5. The summed E-state index contributed by atoms with van der Waals surface area (Å²) >= 11 is 7.86. The highest BCUT2D eigenvalue weighted by atomic mass is 35.5. The van der Waals surface area contributed by atoms with Gasteiger partial charge in [-0.2, -0.15) is 0 Å². The van der Waals surface area contributed by atoms with E-state index in [1.165, 1.54) is 4.88 Å². The largest absolute Gasteiger partial charge is 0.491 e. The molecule has 0 radical (unpaired) electrons. The lowest BCUT2D eigenvalue weighted by Gasteiger charge is -2.37. The van der Waals surface area contributed by atoms with Gasteiger partial charge in [0, 0.05) is 43.3 Å². The minimum atomic E-state index is -0.219. The number of halogens is 1. The molecule has 1 N–H and O–H groups in total. The van der Waals surface area contributed by atoms with E-state index in [0.717, 1.165) is 29.7 Å². The van der Waals surface area contributed by atoms with Gasteiger partial charge in [0.15, 0.2) is 0 Å². The highest BCUT2D eigenvalue weighted by molar-refractivity contribution is 7.10. The van der Waals surface area contributed by atoms with E-state index < -0.39 is 0 Å². The van der Waals surface area contributed by atoms with Gasteiger partial charge in [-0.05, 0) is 67.0 Å². The lowest BCUT2D eigenvalue weighted by molar-refractivity contribution is -0.135. The maximum atomic E-state index is 13.5. The minimum Gasteiger partial charge on any atom is -0.491 e. The SMILES string of the molecule is CCCNC(=O)N(CCCOC)CC(=O)N1CCc2sccc2[C@@H]1COc1ccc(Cl)c(C)c1. The van der Waals surface area contributed by atoms with E-state index in [1.807, 2.05) is 36.9 Å². The number of thiophene rings is 1. The number of aryl methyl sites for hydroxylation is 1. The van der Waals surface area contributed by atoms with E-state index in [9.17, 15) is 9.59 Å². The first-order chi connectivity index (χ1) is 16.4. The molecular formula is C25H34ClN3O4S. The van der Waals surface area contributed by atoms with Crippen LogP contribution in [0.15, 0.2) is 29.6 Å². The fraction of sp³-hybridized carbons (Fsp3) is 0.520. The molecule has 1 aromatic carbocycles. The first-order valence-corrected chi connectivity index (χ1v) is 13.0. The monoisotopic (exact) mass is 507 g/mol. The Hall–Kier alpha value is -2.29. The smallest absolute Gasteiger partial charge is 0.317 e. The molecule has 1 aromatic heterocycles. The molecule has 3 rings (SSSR count). The minimum absolute atomic E-state index is 0.0231. The van der Waals surface area contributed by atoms with E-state index in [0.29, 0.717) is 44.3 Å². The number of fused-ring (bicyclic) bond motifs is 1. The van der Waals surface area contributed by atoms with Gasteiger partial charge in [0.05, 0.1) is 6.04 Å². The van der Waals surface area contributed by atoms with Crippen molar-refractivity contribution < 1.29 is 19.1 Å². The van der Waals surface area contributed by atoms with Crippen molar-refractivity contribution in [2.45, 2.75) is 39.2 Å². The molecule has 2 heterocycles. The van der Waals surface area contributed by atoms with Crippen LogP contribution in [0.3, 0.4) is 0 Å². The number of urea groups is 1. The number of rotatable bonds is 11. The van der Waals surface area contributed by atoms with Crippen LogP contribution >= 0.6 is 22.9 Å². The van der Waals surface area contributed by atoms with Crippen molar-refractivity contribution in [3.8, 4) is 5.75 Å². The summed E-state index contributed by atoms with van der Waals surface area (Å²) in [5.41, 5.74) is 2.06. The fourth-order valence-electron chi connectivity index (χ4n) is 4.01. The molecule has 2 aromatic rings. The van der Waals surface area contributed by atoms with Gasteiger partial charge in [-0.25, -0.2) is 4.79 Å². The third kappa shape index (κ3) is 6.87. The van der Waals surface area contributed by atoms with Gasteiger partial charge in [0.25, 0.3) is 0 Å². The van der Waals surface area contributed by atoms with Crippen LogP contribution in [0.1, 0.15) is 41.8 Å². The second kappa shape index (κ2) is 13.0. The molecule has 186 valence electrons. The number of carbonyl (C=O) groups is 2. The Kier molecular flexibility index (Phi) is 10.0. The third-order valence-corrected chi connectivity index (χ3v) is 7.29. The third-order valence-electron chi connectivity index (χ3n) is 5.87. The van der Waals surface area contributed by atoms with Crippen LogP contribution < -0.4 is 10.1 Å². The molecule has 3 amide bonds. The molecule has 0 saturated carbocycles. The standard InChI is InChI=1S/C25H34ClN3O4S/c1-4-10-27-25(31)28(11-5-13-32-3)16-24(30)29-12-8-23-20(9-14-34-23)22(29)17-33-19-6-7-21(26)18(2)15-19/h6-7,9,14-15,22H,4-5,8,10-13,16-17H2,1-3H3,(H,27,31)/t22-/m0/s1. The summed E-state index contributed by atoms with van der Waals surface area (Å²) in [5.74, 6) is 0.638. The number of benzene rings is 1. The molecular weight excluding hydrogens is 474 g/mol. The first kappa shape index (κ1) is 26.3. The average Bonchev–Trinajstić information content (AvgIpc) is 3.31. The first-order valence-electron chi connectivity index (χ1n) is 11.7. The summed E-state index contributed by atoms with van der Waals surface area (Å²) in [6, 6.07) is 7.21. The molecule has 34 heavy (non-hydrogen) atoms. The van der Waals surface area contributed by atoms with Crippen molar-refractivity contribution in [1.82, 2.24) is 15.1 Å². The van der Waals surface area contributed by atoms with Crippen molar-refractivity contribution in [1.29, 1.82) is 0 Å². The van der Waals surface area contributed by atoms with Crippen molar-refractivity contribution >= 4 is 34.9 Å². The Bertz CT molecular complexity index is 967. The van der Waals surface area contributed by atoms with Gasteiger partial charge in [-0.15, -0.1) is 11.3 Å². The Morgan fingerprint density at radius 2 is 2.15 bits per heavy atom. The zero-order valence-electron chi connectivity index (χ0n) is 20.1. The summed E-state index contributed by atoms with van der Waals surface area (Å²) < 4.78 is 11.2. The summed E-state index contributed by atoms with van der Waals surface area (Å²) in [7, 11) is 1.63. The van der Waals surface area contributed by atoms with Crippen molar-refractivity contribution in [2.24, 2.45) is 0 Å². The topological polar surface area (TPSA) is 71.1 Å². The number of nitrogens with one attached hydrogen (secondary N) is 1. The molecule has 1 aliphatic heterocycles. The van der Waals surface area contributed by atoms with Gasteiger partial charge in [-0.3, -0.25) is 4.79 Å². The Morgan fingerprint density at radius 3 is 2.88 bits per heavy atom. The molecule has 9 heteroatoms. The predicted molar refractivity (Wildman–Crippen MR) is 136 cm³/mol. The predicted octanol–water partition coefficient (Wildman–Crippen LogP) is 4.67. The summed E-state index contributed by atoms with van der Waals surface area (Å²) in [6.07, 6.45) is 2.31. The molecule has 1 aliphatic rings. The molecule has 1 atom stereocenters. The van der Waals surface area contributed by atoms with Gasteiger partial charge in [0.2, 0.25) is 5.91 Å². The van der Waals surface area contributed by atoms with Crippen LogP contribution in [-0.2, 0) is 16.0 Å². The lowest BCUT2D eigenvalue weighted by Crippen LogP contribution is -2.50. The van der Waals surface area contributed by atoms with E-state index in [4.69, 9.17) is 21.1 Å². The molecule has 7 nitrogen and oxygen atoms in total. The van der Waals surface area contributed by atoms with Gasteiger partial charge in [-0.1, -0.05) is 18.5 Å². The van der Waals surface area contributed by atoms with Crippen molar-refractivity contribution in [3.63, 3.8) is 0 Å². The number of nitrogens with zero attached hydrogens (tertiary/aromatic N) is 2. The van der Waals surface area contributed by atoms with Crippen LogP contribution in [0.4, 0.5) is 4.79 Å². The second-order valence-corrected chi connectivity index (χ2v) is 9.78. The van der Waals surface area contributed by atoms with Crippen molar-refractivity contribution in [3.05, 3.63) is 50.7 Å². The van der Waals surface area contributed by atoms with Crippen LogP contribution in [0.5, 0.6) is 5.75 Å². The van der Waals surface area contributed by atoms with E-state index in [1.54, 1.807) is 23.3 Å². The molecule has 0 saturated heterocycles. The van der Waals surface area contributed by atoms with Crippen LogP contribution in [0.25, 0.3) is 0 Å².